The third-order valence-electron chi connectivity index (χ3n) is 2.48. The average molecular weight is 254 g/mol. The van der Waals surface area contributed by atoms with E-state index in [0.29, 0.717) is 11.1 Å². The second-order valence-electron chi connectivity index (χ2n) is 3.70. The van der Waals surface area contributed by atoms with Crippen molar-refractivity contribution in [2.45, 2.75) is 12.3 Å². The third-order valence-corrected chi connectivity index (χ3v) is 2.48. The lowest BCUT2D eigenvalue weighted by Crippen LogP contribution is -2.06. The van der Waals surface area contributed by atoms with Gasteiger partial charge in [0.05, 0.1) is 11.8 Å². The molecule has 0 saturated heterocycles. The van der Waals surface area contributed by atoms with Gasteiger partial charge in [0.25, 0.3) is 0 Å². The molecule has 2 rings (SSSR count). The van der Waals surface area contributed by atoms with Gasteiger partial charge in [0, 0.05) is 11.8 Å². The molecule has 0 amide bonds. The number of rotatable bonds is 2. The molecular weight excluding hydrogens is 245 g/mol. The molecule has 1 N–H and O–H groups in total. The normalized spacial score (nSPS) is 13.3. The minimum atomic E-state index is -4.37. The van der Waals surface area contributed by atoms with Crippen LogP contribution in [0.5, 0.6) is 0 Å². The van der Waals surface area contributed by atoms with Crippen LogP contribution < -0.4 is 0 Å². The molecule has 0 bridgehead atoms. The van der Waals surface area contributed by atoms with Crippen LogP contribution in [0.2, 0.25) is 0 Å². The Morgan fingerprint density at radius 2 is 1.61 bits per heavy atom. The second-order valence-corrected chi connectivity index (χ2v) is 3.70. The fourth-order valence-corrected chi connectivity index (χ4v) is 1.51. The van der Waals surface area contributed by atoms with Gasteiger partial charge in [0.1, 0.15) is 6.10 Å². The standard InChI is InChI=1S/C12H9F3N2O/c13-12(14,15)10-3-1-8(2-4-10)11(18)9-5-6-16-17-7-9/h1-7,11,18H. The molecule has 1 aromatic heterocycles. The molecule has 2 aromatic rings. The molecule has 0 aliphatic heterocycles. The topological polar surface area (TPSA) is 46.0 Å². The summed E-state index contributed by atoms with van der Waals surface area (Å²) in [5.74, 6) is 0. The SMILES string of the molecule is OC(c1ccc(C(F)(F)F)cc1)c1ccnnc1. The summed E-state index contributed by atoms with van der Waals surface area (Å²) in [7, 11) is 0. The Hall–Kier alpha value is -1.95. The highest BCUT2D eigenvalue weighted by Crippen LogP contribution is 2.30. The van der Waals surface area contributed by atoms with Crippen LogP contribution >= 0.6 is 0 Å². The van der Waals surface area contributed by atoms with Gasteiger partial charge >= 0.3 is 6.18 Å². The molecule has 94 valence electrons. The number of aliphatic hydroxyl groups is 1. The molecule has 1 heterocycles. The summed E-state index contributed by atoms with van der Waals surface area (Å²) in [6.45, 7) is 0. The van der Waals surface area contributed by atoms with Crippen LogP contribution in [-0.2, 0) is 6.18 Å². The Morgan fingerprint density at radius 3 is 2.11 bits per heavy atom. The van der Waals surface area contributed by atoms with Crippen LogP contribution in [0.1, 0.15) is 22.8 Å². The van der Waals surface area contributed by atoms with Crippen LogP contribution in [0.15, 0.2) is 42.7 Å². The Labute approximate surface area is 101 Å². The molecule has 0 radical (unpaired) electrons. The van der Waals surface area contributed by atoms with Crippen molar-refractivity contribution in [2.75, 3.05) is 0 Å². The van der Waals surface area contributed by atoms with Gasteiger partial charge in [-0.1, -0.05) is 12.1 Å². The average Bonchev–Trinajstić information content (AvgIpc) is 2.38. The van der Waals surface area contributed by atoms with Crippen molar-refractivity contribution in [1.82, 2.24) is 10.2 Å². The molecule has 1 aromatic carbocycles. The number of hydrogen-bond acceptors (Lipinski definition) is 3. The van der Waals surface area contributed by atoms with Gasteiger partial charge in [-0.15, -0.1) is 0 Å². The first-order valence-corrected chi connectivity index (χ1v) is 5.10. The Kier molecular flexibility index (Phi) is 3.29. The molecule has 0 aliphatic carbocycles. The second kappa shape index (κ2) is 4.73. The zero-order chi connectivity index (χ0) is 13.2. The highest BCUT2D eigenvalue weighted by atomic mass is 19.4. The summed E-state index contributed by atoms with van der Waals surface area (Å²) >= 11 is 0. The molecule has 1 unspecified atom stereocenters. The smallest absolute Gasteiger partial charge is 0.384 e. The number of aliphatic hydroxyl groups excluding tert-OH is 1. The minimum absolute atomic E-state index is 0.371. The molecule has 0 fully saturated rings. The fourth-order valence-electron chi connectivity index (χ4n) is 1.51. The van der Waals surface area contributed by atoms with Crippen molar-refractivity contribution in [2.24, 2.45) is 0 Å². The Morgan fingerprint density at radius 1 is 0.944 bits per heavy atom. The molecule has 0 saturated carbocycles. The van der Waals surface area contributed by atoms with Crippen molar-refractivity contribution in [3.05, 3.63) is 59.4 Å². The van der Waals surface area contributed by atoms with E-state index in [9.17, 15) is 18.3 Å². The maximum atomic E-state index is 12.4. The van der Waals surface area contributed by atoms with Gasteiger partial charge in [0.15, 0.2) is 0 Å². The highest BCUT2D eigenvalue weighted by molar-refractivity contribution is 5.31. The predicted octanol–water partition coefficient (Wildman–Crippen LogP) is 2.58. The number of nitrogens with zero attached hydrogens (tertiary/aromatic N) is 2. The summed E-state index contributed by atoms with van der Waals surface area (Å²) in [6.07, 6.45) is -2.62. The van der Waals surface area contributed by atoms with Crippen molar-refractivity contribution >= 4 is 0 Å². The van der Waals surface area contributed by atoms with E-state index < -0.39 is 17.8 Å². The molecule has 6 heteroatoms. The van der Waals surface area contributed by atoms with Crippen LogP contribution in [-0.4, -0.2) is 15.3 Å². The lowest BCUT2D eigenvalue weighted by Gasteiger charge is -2.12. The van der Waals surface area contributed by atoms with Gasteiger partial charge in [-0.3, -0.25) is 0 Å². The number of alkyl halides is 3. The fraction of sp³-hybridized carbons (Fsp3) is 0.167. The van der Waals surface area contributed by atoms with Crippen LogP contribution in [0.4, 0.5) is 13.2 Å². The summed E-state index contributed by atoms with van der Waals surface area (Å²) in [5.41, 5.74) is 0.104. The van der Waals surface area contributed by atoms with E-state index in [0.717, 1.165) is 12.1 Å². The monoisotopic (exact) mass is 254 g/mol. The van der Waals surface area contributed by atoms with Gasteiger partial charge in [-0.25, -0.2) is 0 Å². The van der Waals surface area contributed by atoms with Crippen molar-refractivity contribution < 1.29 is 18.3 Å². The van der Waals surface area contributed by atoms with E-state index in [4.69, 9.17) is 0 Å². The minimum Gasteiger partial charge on any atom is -0.384 e. The number of halogens is 3. The molecule has 18 heavy (non-hydrogen) atoms. The van der Waals surface area contributed by atoms with E-state index in [1.807, 2.05) is 0 Å². The van der Waals surface area contributed by atoms with Crippen molar-refractivity contribution in [1.29, 1.82) is 0 Å². The Bertz CT molecular complexity index is 511. The van der Waals surface area contributed by atoms with Gasteiger partial charge in [0.2, 0.25) is 0 Å². The first-order chi connectivity index (χ1) is 8.48. The molecule has 3 nitrogen and oxygen atoms in total. The van der Waals surface area contributed by atoms with E-state index in [1.165, 1.54) is 24.5 Å². The lowest BCUT2D eigenvalue weighted by atomic mass is 10.0. The molecule has 0 spiro atoms. The third kappa shape index (κ3) is 2.65. The lowest BCUT2D eigenvalue weighted by molar-refractivity contribution is -0.137. The number of aromatic nitrogens is 2. The Balaban J connectivity index is 2.25. The largest absolute Gasteiger partial charge is 0.416 e. The first-order valence-electron chi connectivity index (χ1n) is 5.10. The predicted molar refractivity (Wildman–Crippen MR) is 57.5 cm³/mol. The summed E-state index contributed by atoms with van der Waals surface area (Å²) in [4.78, 5) is 0. The van der Waals surface area contributed by atoms with Crippen LogP contribution in [0, 0.1) is 0 Å². The summed E-state index contributed by atoms with van der Waals surface area (Å²) in [5, 5.41) is 17.1. The van der Waals surface area contributed by atoms with Crippen molar-refractivity contribution in [3.63, 3.8) is 0 Å². The zero-order valence-corrected chi connectivity index (χ0v) is 9.09. The molecule has 0 aliphatic rings. The van der Waals surface area contributed by atoms with Crippen molar-refractivity contribution in [3.8, 4) is 0 Å². The number of benzene rings is 1. The highest BCUT2D eigenvalue weighted by Gasteiger charge is 2.30. The van der Waals surface area contributed by atoms with Crippen LogP contribution in [0.25, 0.3) is 0 Å². The zero-order valence-electron chi connectivity index (χ0n) is 9.09. The molecular formula is C12H9F3N2O. The van der Waals surface area contributed by atoms with E-state index >= 15 is 0 Å². The maximum Gasteiger partial charge on any atom is 0.416 e. The first kappa shape index (κ1) is 12.5. The van der Waals surface area contributed by atoms with E-state index in [1.54, 1.807) is 6.07 Å². The summed E-state index contributed by atoms with van der Waals surface area (Å²) < 4.78 is 37.1. The quantitative estimate of drug-likeness (QED) is 0.895. The maximum absolute atomic E-state index is 12.4. The van der Waals surface area contributed by atoms with Gasteiger partial charge in [-0.2, -0.15) is 23.4 Å². The van der Waals surface area contributed by atoms with E-state index in [-0.39, 0.29) is 0 Å². The van der Waals surface area contributed by atoms with Gasteiger partial charge < -0.3 is 5.11 Å². The summed E-state index contributed by atoms with van der Waals surface area (Å²) in [6, 6.07) is 5.91. The number of hydrogen-bond donors (Lipinski definition) is 1. The van der Waals surface area contributed by atoms with Gasteiger partial charge in [-0.05, 0) is 23.8 Å². The molecule has 1 atom stereocenters. The van der Waals surface area contributed by atoms with Crippen LogP contribution in [0.3, 0.4) is 0 Å². The van der Waals surface area contributed by atoms with E-state index in [2.05, 4.69) is 10.2 Å².